The summed E-state index contributed by atoms with van der Waals surface area (Å²) < 4.78 is 15.0. The Hall–Kier alpha value is -3.88. The lowest BCUT2D eigenvalue weighted by Gasteiger charge is -2.36. The van der Waals surface area contributed by atoms with Crippen LogP contribution >= 0.6 is 0 Å². The van der Waals surface area contributed by atoms with Crippen LogP contribution in [0.2, 0.25) is 0 Å². The molecule has 0 spiro atoms. The molecule has 3 rings (SSSR count). The third-order valence-electron chi connectivity index (χ3n) is 5.99. The number of amides is 2. The lowest BCUT2D eigenvalue weighted by molar-refractivity contribution is -0.149. The van der Waals surface area contributed by atoms with Gasteiger partial charge in [0.2, 0.25) is 5.91 Å². The van der Waals surface area contributed by atoms with Gasteiger partial charge in [-0.05, 0) is 23.1 Å². The van der Waals surface area contributed by atoms with Crippen molar-refractivity contribution in [1.29, 1.82) is 0 Å². The van der Waals surface area contributed by atoms with Crippen LogP contribution in [0.4, 0.5) is 4.79 Å². The van der Waals surface area contributed by atoms with Gasteiger partial charge in [0, 0.05) is 6.42 Å². The average Bonchev–Trinajstić information content (AvgIpc) is 2.89. The zero-order valence-electron chi connectivity index (χ0n) is 20.1. The van der Waals surface area contributed by atoms with Crippen molar-refractivity contribution < 1.29 is 33.4 Å². The number of esters is 2. The van der Waals surface area contributed by atoms with E-state index in [9.17, 15) is 19.2 Å². The van der Waals surface area contributed by atoms with Gasteiger partial charge in [0.1, 0.15) is 18.7 Å². The van der Waals surface area contributed by atoms with E-state index in [1.165, 1.54) is 19.1 Å². The molecule has 0 unspecified atom stereocenters. The molecule has 1 heterocycles. The smallest absolute Gasteiger partial charge is 0.411 e. The average molecular weight is 483 g/mol. The van der Waals surface area contributed by atoms with Crippen molar-refractivity contribution in [3.63, 3.8) is 0 Å². The van der Waals surface area contributed by atoms with E-state index in [0.29, 0.717) is 0 Å². The Morgan fingerprint density at radius 3 is 2.23 bits per heavy atom. The lowest BCUT2D eigenvalue weighted by Crippen LogP contribution is -2.56. The zero-order chi connectivity index (χ0) is 25.4. The summed E-state index contributed by atoms with van der Waals surface area (Å²) in [5.74, 6) is -2.39. The largest absolute Gasteiger partial charge is 0.469 e. The van der Waals surface area contributed by atoms with Gasteiger partial charge in [-0.15, -0.1) is 0 Å². The number of carbonyl (C=O) groups is 4. The van der Waals surface area contributed by atoms with Crippen LogP contribution < -0.4 is 5.32 Å². The first-order valence-electron chi connectivity index (χ1n) is 11.3. The van der Waals surface area contributed by atoms with E-state index in [1.54, 1.807) is 6.92 Å². The highest BCUT2D eigenvalue weighted by molar-refractivity contribution is 5.90. The first-order chi connectivity index (χ1) is 16.8. The van der Waals surface area contributed by atoms with Crippen molar-refractivity contribution in [1.82, 2.24) is 10.2 Å². The highest BCUT2D eigenvalue weighted by Gasteiger charge is 2.38. The summed E-state index contributed by atoms with van der Waals surface area (Å²) in [6.45, 7) is 1.84. The van der Waals surface area contributed by atoms with Gasteiger partial charge in [0.05, 0.1) is 26.7 Å². The van der Waals surface area contributed by atoms with Gasteiger partial charge in [0.25, 0.3) is 0 Å². The molecule has 2 amide bonds. The Kier molecular flexibility index (Phi) is 8.83. The van der Waals surface area contributed by atoms with E-state index in [-0.39, 0.29) is 26.0 Å². The number of benzene rings is 2. The van der Waals surface area contributed by atoms with Crippen molar-refractivity contribution >= 4 is 23.9 Å². The molecule has 186 valence electrons. The fraction of sp³-hybridized carbons (Fsp3) is 0.385. The van der Waals surface area contributed by atoms with Gasteiger partial charge in [-0.25, -0.2) is 9.59 Å². The Bertz CT molecular complexity index is 1060. The summed E-state index contributed by atoms with van der Waals surface area (Å²) in [6.07, 6.45) is -0.392. The van der Waals surface area contributed by atoms with Crippen LogP contribution in [0.25, 0.3) is 0 Å². The maximum Gasteiger partial charge on any atom is 0.411 e. The topological polar surface area (TPSA) is 111 Å². The van der Waals surface area contributed by atoms with Crippen molar-refractivity contribution in [2.24, 2.45) is 5.92 Å². The lowest BCUT2D eigenvalue weighted by atomic mass is 9.93. The summed E-state index contributed by atoms with van der Waals surface area (Å²) in [4.78, 5) is 52.0. The molecule has 0 radical (unpaired) electrons. The maximum absolute atomic E-state index is 13.4. The van der Waals surface area contributed by atoms with Crippen LogP contribution in [0.5, 0.6) is 0 Å². The van der Waals surface area contributed by atoms with Crippen molar-refractivity contribution in [3.05, 3.63) is 71.3 Å². The zero-order valence-corrected chi connectivity index (χ0v) is 20.1. The summed E-state index contributed by atoms with van der Waals surface area (Å²) in [5.41, 5.74) is 2.66. The number of hydrogen-bond acceptors (Lipinski definition) is 7. The molecule has 3 atom stereocenters. The third-order valence-corrected chi connectivity index (χ3v) is 5.99. The summed E-state index contributed by atoms with van der Waals surface area (Å²) in [6, 6.07) is 14.8. The second-order valence-corrected chi connectivity index (χ2v) is 8.40. The quantitative estimate of drug-likeness (QED) is 0.455. The summed E-state index contributed by atoms with van der Waals surface area (Å²) in [7, 11) is 2.46. The van der Waals surface area contributed by atoms with Crippen molar-refractivity contribution in [2.75, 3.05) is 14.2 Å². The number of ether oxygens (including phenoxy) is 3. The van der Waals surface area contributed by atoms with E-state index >= 15 is 0 Å². The molecule has 9 heteroatoms. The first-order valence-corrected chi connectivity index (χ1v) is 11.3. The van der Waals surface area contributed by atoms with Gasteiger partial charge in [-0.2, -0.15) is 0 Å². The second-order valence-electron chi connectivity index (χ2n) is 8.40. The predicted octanol–water partition coefficient (Wildman–Crippen LogP) is 2.61. The number of hydrogen-bond donors (Lipinski definition) is 1. The third kappa shape index (κ3) is 6.59. The minimum atomic E-state index is -1.08. The summed E-state index contributed by atoms with van der Waals surface area (Å²) >= 11 is 0. The first kappa shape index (κ1) is 25.7. The van der Waals surface area contributed by atoms with Crippen LogP contribution in [-0.2, 0) is 48.2 Å². The van der Waals surface area contributed by atoms with E-state index in [1.807, 2.05) is 54.6 Å². The Morgan fingerprint density at radius 2 is 1.57 bits per heavy atom. The second kappa shape index (κ2) is 12.0. The number of methoxy groups -OCH3 is 2. The molecule has 0 saturated carbocycles. The molecular formula is C26H30N2O7. The highest BCUT2D eigenvalue weighted by Crippen LogP contribution is 2.25. The van der Waals surface area contributed by atoms with Gasteiger partial charge in [-0.1, -0.05) is 61.5 Å². The molecular weight excluding hydrogens is 452 g/mol. The van der Waals surface area contributed by atoms with E-state index in [0.717, 1.165) is 16.7 Å². The van der Waals surface area contributed by atoms with Gasteiger partial charge in [-0.3, -0.25) is 14.5 Å². The summed E-state index contributed by atoms with van der Waals surface area (Å²) in [5, 5.41) is 2.67. The Morgan fingerprint density at radius 1 is 0.943 bits per heavy atom. The standard InChI is InChI=1S/C26H30N2O7/c1-17(24(30)33-2)13-21(25(31)34-3)27-23(29)22-14-19-11-7-8-12-20(19)15-28(22)26(32)35-16-18-9-5-4-6-10-18/h4-12,17,21-22H,13-16H2,1-3H3,(H,27,29)/t17-,21+,22-/m0/s1. The molecule has 2 aromatic carbocycles. The van der Waals surface area contributed by atoms with Gasteiger partial charge < -0.3 is 19.5 Å². The molecule has 0 bridgehead atoms. The molecule has 0 saturated heterocycles. The van der Waals surface area contributed by atoms with E-state index < -0.39 is 41.9 Å². The molecule has 1 aliphatic rings. The van der Waals surface area contributed by atoms with Crippen LogP contribution in [0.1, 0.15) is 30.0 Å². The molecule has 0 fully saturated rings. The molecule has 0 aromatic heterocycles. The van der Waals surface area contributed by atoms with Crippen LogP contribution in [0.3, 0.4) is 0 Å². The van der Waals surface area contributed by atoms with Crippen LogP contribution in [0.15, 0.2) is 54.6 Å². The minimum Gasteiger partial charge on any atom is -0.469 e. The van der Waals surface area contributed by atoms with Crippen molar-refractivity contribution in [3.8, 4) is 0 Å². The van der Waals surface area contributed by atoms with Crippen molar-refractivity contribution in [2.45, 2.75) is 45.0 Å². The predicted molar refractivity (Wildman–Crippen MR) is 126 cm³/mol. The minimum absolute atomic E-state index is 0.00710. The van der Waals surface area contributed by atoms with Crippen LogP contribution in [0, 0.1) is 5.92 Å². The Labute approximate surface area is 204 Å². The monoisotopic (exact) mass is 482 g/mol. The molecule has 1 aliphatic heterocycles. The maximum atomic E-state index is 13.4. The fourth-order valence-corrected chi connectivity index (χ4v) is 4.03. The number of carbonyl (C=O) groups excluding carboxylic acids is 4. The van der Waals surface area contributed by atoms with Gasteiger partial charge in [0.15, 0.2) is 0 Å². The molecule has 2 aromatic rings. The molecule has 35 heavy (non-hydrogen) atoms. The number of rotatable bonds is 8. The highest BCUT2D eigenvalue weighted by atomic mass is 16.6. The SMILES string of the molecule is COC(=O)[C@@H](C)C[C@@H](NC(=O)[C@@H]1Cc2ccccc2CN1C(=O)OCc1ccccc1)C(=O)OC. The molecule has 1 N–H and O–H groups in total. The molecule has 9 nitrogen and oxygen atoms in total. The number of fused-ring (bicyclic) bond motifs is 1. The Balaban J connectivity index is 1.79. The van der Waals surface area contributed by atoms with E-state index in [2.05, 4.69) is 5.32 Å². The van der Waals surface area contributed by atoms with Gasteiger partial charge >= 0.3 is 18.0 Å². The number of nitrogens with zero attached hydrogens (tertiary/aromatic N) is 1. The molecule has 0 aliphatic carbocycles. The number of nitrogens with one attached hydrogen (secondary N) is 1. The fourth-order valence-electron chi connectivity index (χ4n) is 4.03. The normalized spacial score (nSPS) is 16.3. The van der Waals surface area contributed by atoms with Crippen LogP contribution in [-0.4, -0.2) is 55.1 Å². The van der Waals surface area contributed by atoms with E-state index in [4.69, 9.17) is 14.2 Å².